The minimum absolute atomic E-state index is 0.0755. The molecule has 0 bridgehead atoms. The summed E-state index contributed by atoms with van der Waals surface area (Å²) in [6.07, 6.45) is 14.0. The maximum atomic E-state index is 12.7. The Bertz CT molecular complexity index is 1350. The highest BCUT2D eigenvalue weighted by atomic mass is 16.5. The van der Waals surface area contributed by atoms with Gasteiger partial charge in [0.1, 0.15) is 11.5 Å². The molecule has 0 radical (unpaired) electrons. The van der Waals surface area contributed by atoms with Gasteiger partial charge in [0, 0.05) is 6.42 Å². The SMILES string of the molecule is CCCCCCC(=O)OCCCCCCOc1ccc(-c2ccc(C(=O)Oc3ccc(C(=O)OC(C)CCCCCC)cc3)cc2)cc1. The summed E-state index contributed by atoms with van der Waals surface area (Å²) in [5.41, 5.74) is 2.84. The van der Waals surface area contributed by atoms with Gasteiger partial charge in [0.05, 0.1) is 30.4 Å². The van der Waals surface area contributed by atoms with Gasteiger partial charge >= 0.3 is 17.9 Å². The van der Waals surface area contributed by atoms with Gasteiger partial charge in [-0.2, -0.15) is 0 Å². The first-order valence-electron chi connectivity index (χ1n) is 17.9. The maximum absolute atomic E-state index is 12.7. The summed E-state index contributed by atoms with van der Waals surface area (Å²) in [5, 5.41) is 0. The Balaban J connectivity index is 1.34. The summed E-state index contributed by atoms with van der Waals surface area (Å²) in [4.78, 5) is 36.9. The number of ether oxygens (including phenoxy) is 4. The summed E-state index contributed by atoms with van der Waals surface area (Å²) in [6.45, 7) is 7.39. The van der Waals surface area contributed by atoms with E-state index in [1.54, 1.807) is 36.4 Å². The van der Waals surface area contributed by atoms with E-state index in [4.69, 9.17) is 18.9 Å². The minimum atomic E-state index is -0.472. The Labute approximate surface area is 287 Å². The van der Waals surface area contributed by atoms with Crippen LogP contribution in [0.25, 0.3) is 11.1 Å². The lowest BCUT2D eigenvalue weighted by Crippen LogP contribution is -2.15. The van der Waals surface area contributed by atoms with Crippen LogP contribution in [0.2, 0.25) is 0 Å². The third-order valence-electron chi connectivity index (χ3n) is 8.19. The first-order valence-corrected chi connectivity index (χ1v) is 17.9. The normalized spacial score (nSPS) is 11.5. The van der Waals surface area contributed by atoms with Crippen LogP contribution in [0.5, 0.6) is 11.5 Å². The Hall–Kier alpha value is -4.13. The molecule has 1 atom stereocenters. The van der Waals surface area contributed by atoms with Gasteiger partial charge in [0.15, 0.2) is 0 Å². The minimum Gasteiger partial charge on any atom is -0.494 e. The van der Waals surface area contributed by atoms with Crippen LogP contribution in [0, 0.1) is 0 Å². The van der Waals surface area contributed by atoms with Crippen LogP contribution in [0.3, 0.4) is 0 Å². The quantitative estimate of drug-likeness (QED) is 0.0569. The molecule has 0 aliphatic heterocycles. The molecule has 7 heteroatoms. The van der Waals surface area contributed by atoms with Crippen molar-refractivity contribution < 1.29 is 33.3 Å². The first kappa shape index (κ1) is 38.3. The predicted molar refractivity (Wildman–Crippen MR) is 191 cm³/mol. The Morgan fingerprint density at radius 3 is 1.73 bits per heavy atom. The van der Waals surface area contributed by atoms with Crippen LogP contribution < -0.4 is 9.47 Å². The molecule has 0 spiro atoms. The molecule has 0 aliphatic rings. The third-order valence-corrected chi connectivity index (χ3v) is 8.19. The summed E-state index contributed by atoms with van der Waals surface area (Å²) >= 11 is 0. The zero-order chi connectivity index (χ0) is 34.4. The van der Waals surface area contributed by atoms with Gasteiger partial charge in [-0.1, -0.05) is 76.6 Å². The molecule has 1 unspecified atom stereocenters. The zero-order valence-corrected chi connectivity index (χ0v) is 29.2. The van der Waals surface area contributed by atoms with Crippen molar-refractivity contribution in [2.24, 2.45) is 0 Å². The van der Waals surface area contributed by atoms with Gasteiger partial charge in [-0.25, -0.2) is 9.59 Å². The third kappa shape index (κ3) is 14.7. The maximum Gasteiger partial charge on any atom is 0.343 e. The highest BCUT2D eigenvalue weighted by Gasteiger charge is 2.14. The average molecular weight is 659 g/mol. The number of carbonyl (C=O) groups excluding carboxylic acids is 3. The van der Waals surface area contributed by atoms with E-state index >= 15 is 0 Å². The standard InChI is InChI=1S/C41H54O7/c1-4-6-8-12-16-32(3)47-40(43)36-24-28-38(29-25-36)48-41(44)35-20-18-33(19-21-35)34-22-26-37(27-23-34)45-30-14-10-11-15-31-46-39(42)17-13-9-7-5-2/h18-29,32H,4-17,30-31H2,1-3H3. The average Bonchev–Trinajstić information content (AvgIpc) is 3.10. The van der Waals surface area contributed by atoms with Gasteiger partial charge in [-0.15, -0.1) is 0 Å². The lowest BCUT2D eigenvalue weighted by molar-refractivity contribution is -0.143. The van der Waals surface area contributed by atoms with Crippen LogP contribution >= 0.6 is 0 Å². The van der Waals surface area contributed by atoms with E-state index in [0.29, 0.717) is 36.5 Å². The Morgan fingerprint density at radius 2 is 1.08 bits per heavy atom. The van der Waals surface area contributed by atoms with Crippen molar-refractivity contribution in [1.82, 2.24) is 0 Å². The van der Waals surface area contributed by atoms with Crippen LogP contribution in [-0.4, -0.2) is 37.2 Å². The van der Waals surface area contributed by atoms with Gasteiger partial charge in [-0.3, -0.25) is 4.79 Å². The topological polar surface area (TPSA) is 88.1 Å². The fourth-order valence-corrected chi connectivity index (χ4v) is 5.24. The van der Waals surface area contributed by atoms with Crippen LogP contribution in [0.15, 0.2) is 72.8 Å². The fourth-order valence-electron chi connectivity index (χ4n) is 5.24. The largest absolute Gasteiger partial charge is 0.494 e. The predicted octanol–water partition coefficient (Wildman–Crippen LogP) is 10.5. The molecule has 0 saturated heterocycles. The molecule has 0 amide bonds. The van der Waals surface area contributed by atoms with Gasteiger partial charge in [0.25, 0.3) is 0 Å². The Morgan fingerprint density at radius 1 is 0.562 bits per heavy atom. The second kappa shape index (κ2) is 22.4. The number of unbranched alkanes of at least 4 members (excludes halogenated alkanes) is 9. The number of benzene rings is 3. The second-order valence-corrected chi connectivity index (χ2v) is 12.4. The van der Waals surface area contributed by atoms with Crippen LogP contribution in [0.1, 0.15) is 131 Å². The monoisotopic (exact) mass is 658 g/mol. The van der Waals surface area contributed by atoms with Crippen molar-refractivity contribution in [1.29, 1.82) is 0 Å². The summed E-state index contributed by atoms with van der Waals surface area (Å²) in [6, 6.07) is 21.6. The first-order chi connectivity index (χ1) is 23.4. The molecule has 3 rings (SSSR count). The molecule has 48 heavy (non-hydrogen) atoms. The van der Waals surface area contributed by atoms with Gasteiger partial charge < -0.3 is 18.9 Å². The molecule has 0 saturated carbocycles. The van der Waals surface area contributed by atoms with E-state index in [2.05, 4.69) is 13.8 Å². The highest BCUT2D eigenvalue weighted by molar-refractivity contribution is 5.92. The second-order valence-electron chi connectivity index (χ2n) is 12.4. The molecular formula is C41H54O7. The fraction of sp³-hybridized carbons (Fsp3) is 0.488. The highest BCUT2D eigenvalue weighted by Crippen LogP contribution is 2.24. The van der Waals surface area contributed by atoms with Crippen molar-refractivity contribution in [2.75, 3.05) is 13.2 Å². The van der Waals surface area contributed by atoms with Crippen molar-refractivity contribution in [3.05, 3.63) is 83.9 Å². The van der Waals surface area contributed by atoms with Crippen molar-refractivity contribution >= 4 is 17.9 Å². The molecule has 3 aromatic rings. The summed E-state index contributed by atoms with van der Waals surface area (Å²) in [7, 11) is 0. The van der Waals surface area contributed by atoms with E-state index in [0.717, 1.165) is 74.7 Å². The van der Waals surface area contributed by atoms with E-state index < -0.39 is 5.97 Å². The van der Waals surface area contributed by atoms with E-state index in [9.17, 15) is 14.4 Å². The number of carbonyl (C=O) groups is 3. The van der Waals surface area contributed by atoms with Crippen LogP contribution in [0.4, 0.5) is 0 Å². The number of hydrogen-bond acceptors (Lipinski definition) is 7. The molecule has 7 nitrogen and oxygen atoms in total. The molecule has 0 aromatic heterocycles. The van der Waals surface area contributed by atoms with E-state index in [1.807, 2.05) is 43.3 Å². The number of esters is 3. The molecule has 0 N–H and O–H groups in total. The number of rotatable bonds is 23. The molecular weight excluding hydrogens is 604 g/mol. The number of hydrogen-bond donors (Lipinski definition) is 0. The lowest BCUT2D eigenvalue weighted by Gasteiger charge is -2.13. The molecule has 0 fully saturated rings. The van der Waals surface area contributed by atoms with Gasteiger partial charge in [0.2, 0.25) is 0 Å². The zero-order valence-electron chi connectivity index (χ0n) is 29.2. The molecule has 3 aromatic carbocycles. The van der Waals surface area contributed by atoms with E-state index in [-0.39, 0.29) is 18.0 Å². The van der Waals surface area contributed by atoms with Crippen molar-refractivity contribution in [3.8, 4) is 22.6 Å². The molecule has 0 aliphatic carbocycles. The Kier molecular flexibility index (Phi) is 17.9. The molecule has 0 heterocycles. The summed E-state index contributed by atoms with van der Waals surface area (Å²) in [5.74, 6) is 0.251. The summed E-state index contributed by atoms with van der Waals surface area (Å²) < 4.78 is 22.3. The lowest BCUT2D eigenvalue weighted by atomic mass is 10.0. The molecule has 260 valence electrons. The van der Waals surface area contributed by atoms with Crippen LogP contribution in [-0.2, 0) is 14.3 Å². The van der Waals surface area contributed by atoms with Gasteiger partial charge in [-0.05, 0) is 112 Å². The van der Waals surface area contributed by atoms with Crippen molar-refractivity contribution in [2.45, 2.75) is 117 Å². The smallest absolute Gasteiger partial charge is 0.343 e. The van der Waals surface area contributed by atoms with Crippen molar-refractivity contribution in [3.63, 3.8) is 0 Å². The van der Waals surface area contributed by atoms with E-state index in [1.165, 1.54) is 25.7 Å².